The van der Waals surface area contributed by atoms with E-state index in [-0.39, 0.29) is 29.3 Å². The molecular formula is C21H25NO5S. The number of nitrogens with one attached hydrogen (secondary N) is 1. The van der Waals surface area contributed by atoms with E-state index >= 15 is 0 Å². The maximum atomic E-state index is 12.6. The van der Waals surface area contributed by atoms with E-state index in [0.717, 1.165) is 33.8 Å². The van der Waals surface area contributed by atoms with E-state index in [9.17, 15) is 14.4 Å². The molecule has 0 bridgehead atoms. The SMILES string of the molecule is CCOC(=O)C(CSC(=O)C(C)c1ccc2cc(OC)ccc2c1)NC(C)=O. The maximum absolute atomic E-state index is 12.6. The molecule has 0 heterocycles. The number of amides is 1. The number of thioether (sulfide) groups is 1. The van der Waals surface area contributed by atoms with Gasteiger partial charge < -0.3 is 14.8 Å². The Morgan fingerprint density at radius 3 is 2.43 bits per heavy atom. The first kappa shape index (κ1) is 21.8. The van der Waals surface area contributed by atoms with Crippen LogP contribution in [0.5, 0.6) is 5.75 Å². The van der Waals surface area contributed by atoms with Crippen LogP contribution in [0.3, 0.4) is 0 Å². The van der Waals surface area contributed by atoms with Gasteiger partial charge in [0.05, 0.1) is 19.6 Å². The molecule has 2 unspecified atom stereocenters. The largest absolute Gasteiger partial charge is 0.497 e. The fourth-order valence-electron chi connectivity index (χ4n) is 2.72. The van der Waals surface area contributed by atoms with Crippen molar-refractivity contribution in [1.82, 2.24) is 5.32 Å². The second-order valence-electron chi connectivity index (χ2n) is 6.33. The lowest BCUT2D eigenvalue weighted by Crippen LogP contribution is -2.43. The average Bonchev–Trinajstić information content (AvgIpc) is 2.69. The summed E-state index contributed by atoms with van der Waals surface area (Å²) in [6.07, 6.45) is 0. The molecule has 2 atom stereocenters. The molecule has 2 rings (SSSR count). The van der Waals surface area contributed by atoms with Crippen molar-refractivity contribution >= 4 is 39.5 Å². The van der Waals surface area contributed by atoms with Crippen LogP contribution in [0, 0.1) is 0 Å². The van der Waals surface area contributed by atoms with Gasteiger partial charge in [0.25, 0.3) is 0 Å². The normalized spacial score (nSPS) is 12.9. The molecule has 7 heteroatoms. The van der Waals surface area contributed by atoms with Crippen LogP contribution in [0.1, 0.15) is 32.3 Å². The summed E-state index contributed by atoms with van der Waals surface area (Å²) < 4.78 is 10.2. The van der Waals surface area contributed by atoms with E-state index in [2.05, 4.69) is 5.32 Å². The molecule has 0 aliphatic heterocycles. The molecule has 0 aromatic heterocycles. The third kappa shape index (κ3) is 5.73. The number of rotatable bonds is 8. The Hall–Kier alpha value is -2.54. The average molecular weight is 404 g/mol. The van der Waals surface area contributed by atoms with Gasteiger partial charge in [0.2, 0.25) is 5.91 Å². The second kappa shape index (κ2) is 10.1. The van der Waals surface area contributed by atoms with E-state index in [4.69, 9.17) is 9.47 Å². The minimum atomic E-state index is -0.845. The molecule has 1 N–H and O–H groups in total. The van der Waals surface area contributed by atoms with Crippen molar-refractivity contribution in [3.8, 4) is 5.75 Å². The Labute approximate surface area is 169 Å². The number of carbonyl (C=O) groups excluding carboxylic acids is 3. The molecule has 0 aliphatic carbocycles. The molecule has 150 valence electrons. The van der Waals surface area contributed by atoms with Gasteiger partial charge in [-0.2, -0.15) is 0 Å². The summed E-state index contributed by atoms with van der Waals surface area (Å²) in [5.74, 6) is -0.319. The van der Waals surface area contributed by atoms with Crippen LogP contribution >= 0.6 is 11.8 Å². The third-order valence-electron chi connectivity index (χ3n) is 4.27. The highest BCUT2D eigenvalue weighted by molar-refractivity contribution is 8.13. The summed E-state index contributed by atoms with van der Waals surface area (Å²) in [7, 11) is 1.62. The molecule has 0 spiro atoms. The number of esters is 1. The second-order valence-corrected chi connectivity index (χ2v) is 7.35. The van der Waals surface area contributed by atoms with Crippen molar-refractivity contribution in [3.05, 3.63) is 42.0 Å². The van der Waals surface area contributed by atoms with Crippen LogP contribution in [-0.4, -0.2) is 42.5 Å². The molecular weight excluding hydrogens is 378 g/mol. The van der Waals surface area contributed by atoms with Crippen LogP contribution in [-0.2, 0) is 19.1 Å². The number of hydrogen-bond acceptors (Lipinski definition) is 6. The lowest BCUT2D eigenvalue weighted by Gasteiger charge is -2.17. The summed E-state index contributed by atoms with van der Waals surface area (Å²) in [5, 5.41) is 4.51. The van der Waals surface area contributed by atoms with Crippen molar-refractivity contribution < 1.29 is 23.9 Å². The van der Waals surface area contributed by atoms with Crippen molar-refractivity contribution in [2.24, 2.45) is 0 Å². The number of fused-ring (bicyclic) bond motifs is 1. The molecule has 28 heavy (non-hydrogen) atoms. The van der Waals surface area contributed by atoms with Gasteiger partial charge in [-0.3, -0.25) is 9.59 Å². The number of carbonyl (C=O) groups is 3. The van der Waals surface area contributed by atoms with Gasteiger partial charge in [-0.05, 0) is 35.4 Å². The highest BCUT2D eigenvalue weighted by atomic mass is 32.2. The third-order valence-corrected chi connectivity index (χ3v) is 5.40. The summed E-state index contributed by atoms with van der Waals surface area (Å²) >= 11 is 1.02. The maximum Gasteiger partial charge on any atom is 0.329 e. The molecule has 0 saturated heterocycles. The molecule has 2 aromatic carbocycles. The Morgan fingerprint density at radius 2 is 1.79 bits per heavy atom. The smallest absolute Gasteiger partial charge is 0.329 e. The Balaban J connectivity index is 2.07. The van der Waals surface area contributed by atoms with Gasteiger partial charge >= 0.3 is 5.97 Å². The van der Waals surface area contributed by atoms with Crippen molar-refractivity contribution in [1.29, 1.82) is 0 Å². The van der Waals surface area contributed by atoms with E-state index in [0.29, 0.717) is 0 Å². The summed E-state index contributed by atoms with van der Waals surface area (Å²) in [6, 6.07) is 10.8. The fourth-order valence-corrected chi connectivity index (χ4v) is 3.66. The molecule has 0 aliphatic rings. The van der Waals surface area contributed by atoms with Gasteiger partial charge in [-0.25, -0.2) is 4.79 Å². The highest BCUT2D eigenvalue weighted by Gasteiger charge is 2.24. The van der Waals surface area contributed by atoms with Crippen LogP contribution in [0.2, 0.25) is 0 Å². The van der Waals surface area contributed by atoms with Gasteiger partial charge in [0.1, 0.15) is 11.8 Å². The predicted molar refractivity (Wildman–Crippen MR) is 111 cm³/mol. The Bertz CT molecular complexity index is 867. The lowest BCUT2D eigenvalue weighted by molar-refractivity contribution is -0.146. The van der Waals surface area contributed by atoms with Crippen molar-refractivity contribution in [3.63, 3.8) is 0 Å². The Morgan fingerprint density at radius 1 is 1.11 bits per heavy atom. The van der Waals surface area contributed by atoms with Gasteiger partial charge in [-0.15, -0.1) is 0 Å². The zero-order valence-electron chi connectivity index (χ0n) is 16.5. The van der Waals surface area contributed by atoms with Gasteiger partial charge in [0.15, 0.2) is 5.12 Å². The summed E-state index contributed by atoms with van der Waals surface area (Å²) in [6.45, 7) is 5.06. The Kier molecular flexibility index (Phi) is 7.87. The summed E-state index contributed by atoms with van der Waals surface area (Å²) in [5.41, 5.74) is 0.891. The molecule has 0 fully saturated rings. The minimum absolute atomic E-state index is 0.0764. The van der Waals surface area contributed by atoms with E-state index < -0.39 is 12.0 Å². The van der Waals surface area contributed by atoms with E-state index in [1.165, 1.54) is 6.92 Å². The molecule has 0 radical (unpaired) electrons. The minimum Gasteiger partial charge on any atom is -0.497 e. The summed E-state index contributed by atoms with van der Waals surface area (Å²) in [4.78, 5) is 35.9. The van der Waals surface area contributed by atoms with E-state index in [1.54, 1.807) is 14.0 Å². The first-order chi connectivity index (χ1) is 13.3. The number of hydrogen-bond donors (Lipinski definition) is 1. The van der Waals surface area contributed by atoms with Crippen LogP contribution in [0.25, 0.3) is 10.8 Å². The zero-order valence-corrected chi connectivity index (χ0v) is 17.3. The predicted octanol–water partition coefficient (Wildman–Crippen LogP) is 3.28. The zero-order chi connectivity index (χ0) is 20.7. The molecule has 6 nitrogen and oxygen atoms in total. The van der Waals surface area contributed by atoms with Crippen molar-refractivity contribution in [2.75, 3.05) is 19.5 Å². The fraction of sp³-hybridized carbons (Fsp3) is 0.381. The van der Waals surface area contributed by atoms with Crippen LogP contribution in [0.4, 0.5) is 0 Å². The first-order valence-corrected chi connectivity index (χ1v) is 10.0. The first-order valence-electron chi connectivity index (χ1n) is 9.03. The molecule has 2 aromatic rings. The topological polar surface area (TPSA) is 81.7 Å². The lowest BCUT2D eigenvalue weighted by atomic mass is 9.99. The van der Waals surface area contributed by atoms with Crippen LogP contribution in [0.15, 0.2) is 36.4 Å². The van der Waals surface area contributed by atoms with Crippen LogP contribution < -0.4 is 10.1 Å². The number of methoxy groups -OCH3 is 1. The van der Waals surface area contributed by atoms with E-state index in [1.807, 2.05) is 43.3 Å². The standard InChI is InChI=1S/C21H25NO5S/c1-5-27-20(24)19(22-14(3)23)12-28-21(25)13(2)15-6-7-17-11-18(26-4)9-8-16(17)10-15/h6-11,13,19H,5,12H2,1-4H3,(H,22,23). The van der Waals surface area contributed by atoms with Gasteiger partial charge in [0, 0.05) is 12.7 Å². The van der Waals surface area contributed by atoms with Crippen molar-refractivity contribution in [2.45, 2.75) is 32.7 Å². The molecule has 1 amide bonds. The monoisotopic (exact) mass is 403 g/mol. The number of benzene rings is 2. The quantitative estimate of drug-likeness (QED) is 0.681. The van der Waals surface area contributed by atoms with Gasteiger partial charge in [-0.1, -0.05) is 43.0 Å². The molecule has 0 saturated carbocycles. The number of ether oxygens (including phenoxy) is 2. The highest BCUT2D eigenvalue weighted by Crippen LogP contribution is 2.28.